The normalized spacial score (nSPS) is 20.9. The lowest BCUT2D eigenvalue weighted by molar-refractivity contribution is -0.148. The van der Waals surface area contributed by atoms with Crippen LogP contribution in [0.4, 0.5) is 0 Å². The van der Waals surface area contributed by atoms with E-state index in [1.165, 1.54) is 0 Å². The summed E-state index contributed by atoms with van der Waals surface area (Å²) < 4.78 is 5.17. The maximum atomic E-state index is 13.2. The van der Waals surface area contributed by atoms with Crippen LogP contribution in [0.5, 0.6) is 0 Å². The first-order valence-corrected chi connectivity index (χ1v) is 10.1. The molecule has 1 aliphatic rings. The fourth-order valence-electron chi connectivity index (χ4n) is 4.44. The average molecular weight is 385 g/mol. The standard InChI is InChI=1S/C24H32O4/c1-6-28-23(27)20(22(26)18-12-8-7-9-13-18)17(3)15-19(25)21-16(2)11-10-14-24(21,4)5/h7-9,12-13,17,20-21H,2,6,10-11,14-15H2,1,3-5H3. The minimum atomic E-state index is -0.980. The molecule has 0 saturated heterocycles. The number of rotatable bonds is 8. The van der Waals surface area contributed by atoms with E-state index < -0.39 is 17.8 Å². The summed E-state index contributed by atoms with van der Waals surface area (Å²) in [6.07, 6.45) is 3.04. The van der Waals surface area contributed by atoms with Crippen molar-refractivity contribution in [3.63, 3.8) is 0 Å². The number of ketones is 2. The van der Waals surface area contributed by atoms with E-state index in [2.05, 4.69) is 20.4 Å². The number of Topliss-reactive ketones (excluding diaryl/α,β-unsaturated/α-hetero) is 2. The number of allylic oxidation sites excluding steroid dienone is 1. The van der Waals surface area contributed by atoms with E-state index in [0.717, 1.165) is 24.8 Å². The Hall–Kier alpha value is -2.23. The first kappa shape index (κ1) is 22.1. The van der Waals surface area contributed by atoms with Crippen LogP contribution >= 0.6 is 0 Å². The van der Waals surface area contributed by atoms with Crippen LogP contribution in [0.3, 0.4) is 0 Å². The second-order valence-electron chi connectivity index (χ2n) is 8.54. The number of hydrogen-bond donors (Lipinski definition) is 0. The van der Waals surface area contributed by atoms with Crippen LogP contribution < -0.4 is 0 Å². The van der Waals surface area contributed by atoms with E-state index in [1.807, 2.05) is 6.07 Å². The molecular weight excluding hydrogens is 352 g/mol. The Morgan fingerprint density at radius 2 is 1.86 bits per heavy atom. The van der Waals surface area contributed by atoms with Crippen molar-refractivity contribution in [1.82, 2.24) is 0 Å². The molecule has 0 aromatic heterocycles. The summed E-state index contributed by atoms with van der Waals surface area (Å²) in [6.45, 7) is 12.0. The van der Waals surface area contributed by atoms with Crippen LogP contribution in [0.2, 0.25) is 0 Å². The Balaban J connectivity index is 2.23. The number of benzene rings is 1. The van der Waals surface area contributed by atoms with Gasteiger partial charge in [-0.1, -0.05) is 63.3 Å². The fourth-order valence-corrected chi connectivity index (χ4v) is 4.44. The van der Waals surface area contributed by atoms with Gasteiger partial charge in [-0.25, -0.2) is 0 Å². The molecule has 0 heterocycles. The highest BCUT2D eigenvalue weighted by Crippen LogP contribution is 2.44. The molecule has 0 spiro atoms. The summed E-state index contributed by atoms with van der Waals surface area (Å²) in [5.74, 6) is -2.42. The topological polar surface area (TPSA) is 60.4 Å². The molecule has 3 unspecified atom stereocenters. The Morgan fingerprint density at radius 3 is 2.43 bits per heavy atom. The molecular formula is C24H32O4. The van der Waals surface area contributed by atoms with Crippen molar-refractivity contribution in [3.05, 3.63) is 48.0 Å². The van der Waals surface area contributed by atoms with Crippen molar-refractivity contribution in [1.29, 1.82) is 0 Å². The molecule has 4 nitrogen and oxygen atoms in total. The summed E-state index contributed by atoms with van der Waals surface area (Å²) in [5.41, 5.74) is 1.28. The molecule has 0 N–H and O–H groups in total. The van der Waals surface area contributed by atoms with Gasteiger partial charge in [0.05, 0.1) is 6.61 Å². The van der Waals surface area contributed by atoms with Crippen molar-refractivity contribution in [2.45, 2.75) is 53.4 Å². The van der Waals surface area contributed by atoms with Crippen molar-refractivity contribution < 1.29 is 19.1 Å². The van der Waals surface area contributed by atoms with E-state index in [-0.39, 0.29) is 35.9 Å². The van der Waals surface area contributed by atoms with E-state index in [1.54, 1.807) is 38.1 Å². The SMILES string of the molecule is C=C1CCCC(C)(C)C1C(=O)CC(C)C(C(=O)OCC)C(=O)c1ccccc1. The highest BCUT2D eigenvalue weighted by molar-refractivity contribution is 6.09. The summed E-state index contributed by atoms with van der Waals surface area (Å²) in [4.78, 5) is 38.8. The molecule has 0 radical (unpaired) electrons. The summed E-state index contributed by atoms with van der Waals surface area (Å²) in [6, 6.07) is 8.73. The lowest BCUT2D eigenvalue weighted by Crippen LogP contribution is -2.38. The molecule has 0 aliphatic heterocycles. The predicted molar refractivity (Wildman–Crippen MR) is 110 cm³/mol. The molecule has 1 aromatic rings. The Bertz CT molecular complexity index is 732. The lowest BCUT2D eigenvalue weighted by Gasteiger charge is -2.39. The molecule has 1 fully saturated rings. The van der Waals surface area contributed by atoms with Crippen LogP contribution in [-0.2, 0) is 14.3 Å². The third-order valence-corrected chi connectivity index (χ3v) is 5.80. The molecule has 2 rings (SSSR count). The quantitative estimate of drug-likeness (QED) is 0.273. The lowest BCUT2D eigenvalue weighted by atomic mass is 9.64. The van der Waals surface area contributed by atoms with E-state index in [9.17, 15) is 14.4 Å². The van der Waals surface area contributed by atoms with Gasteiger partial charge in [0.1, 0.15) is 11.7 Å². The Labute approximate surface area is 168 Å². The van der Waals surface area contributed by atoms with Crippen LogP contribution in [0, 0.1) is 23.2 Å². The van der Waals surface area contributed by atoms with Crippen molar-refractivity contribution in [3.8, 4) is 0 Å². The van der Waals surface area contributed by atoms with Crippen LogP contribution in [0.1, 0.15) is 63.7 Å². The first-order chi connectivity index (χ1) is 13.2. The number of hydrogen-bond acceptors (Lipinski definition) is 4. The highest BCUT2D eigenvalue weighted by Gasteiger charge is 2.42. The highest BCUT2D eigenvalue weighted by atomic mass is 16.5. The third-order valence-electron chi connectivity index (χ3n) is 5.80. The van der Waals surface area contributed by atoms with Gasteiger partial charge in [0.25, 0.3) is 0 Å². The summed E-state index contributed by atoms with van der Waals surface area (Å²) in [7, 11) is 0. The Morgan fingerprint density at radius 1 is 1.21 bits per heavy atom. The molecule has 1 aliphatic carbocycles. The molecule has 0 amide bonds. The fraction of sp³-hybridized carbons (Fsp3) is 0.542. The Kier molecular flexibility index (Phi) is 7.34. The largest absolute Gasteiger partial charge is 0.465 e. The zero-order valence-electron chi connectivity index (χ0n) is 17.5. The molecule has 28 heavy (non-hydrogen) atoms. The van der Waals surface area contributed by atoms with E-state index in [0.29, 0.717) is 5.56 Å². The number of carbonyl (C=O) groups is 3. The third kappa shape index (κ3) is 4.98. The van der Waals surface area contributed by atoms with Crippen LogP contribution in [0.15, 0.2) is 42.5 Å². The second kappa shape index (κ2) is 9.31. The zero-order chi connectivity index (χ0) is 20.9. The van der Waals surface area contributed by atoms with Gasteiger partial charge < -0.3 is 4.74 Å². The summed E-state index contributed by atoms with van der Waals surface area (Å²) >= 11 is 0. The van der Waals surface area contributed by atoms with Crippen molar-refractivity contribution in [2.24, 2.45) is 23.2 Å². The van der Waals surface area contributed by atoms with Gasteiger partial charge in [-0.3, -0.25) is 14.4 Å². The van der Waals surface area contributed by atoms with E-state index in [4.69, 9.17) is 4.74 Å². The van der Waals surface area contributed by atoms with Crippen LogP contribution in [0.25, 0.3) is 0 Å². The van der Waals surface area contributed by atoms with Gasteiger partial charge in [-0.15, -0.1) is 0 Å². The zero-order valence-corrected chi connectivity index (χ0v) is 17.5. The second-order valence-corrected chi connectivity index (χ2v) is 8.54. The molecule has 1 aromatic carbocycles. The number of ether oxygens (including phenoxy) is 1. The number of esters is 1. The van der Waals surface area contributed by atoms with Gasteiger partial charge in [0, 0.05) is 17.9 Å². The minimum absolute atomic E-state index is 0.0670. The maximum absolute atomic E-state index is 13.2. The molecule has 4 heteroatoms. The van der Waals surface area contributed by atoms with Crippen molar-refractivity contribution >= 4 is 17.5 Å². The van der Waals surface area contributed by atoms with Gasteiger partial charge in [0.15, 0.2) is 5.78 Å². The predicted octanol–water partition coefficient (Wildman–Crippen LogP) is 5.03. The monoisotopic (exact) mass is 384 g/mol. The first-order valence-electron chi connectivity index (χ1n) is 10.1. The maximum Gasteiger partial charge on any atom is 0.317 e. The van der Waals surface area contributed by atoms with Gasteiger partial charge in [-0.05, 0) is 37.5 Å². The van der Waals surface area contributed by atoms with E-state index >= 15 is 0 Å². The smallest absolute Gasteiger partial charge is 0.317 e. The van der Waals surface area contributed by atoms with Crippen molar-refractivity contribution in [2.75, 3.05) is 6.61 Å². The van der Waals surface area contributed by atoms with Crippen LogP contribution in [-0.4, -0.2) is 24.1 Å². The number of carbonyl (C=O) groups excluding carboxylic acids is 3. The molecule has 1 saturated carbocycles. The van der Waals surface area contributed by atoms with Gasteiger partial charge >= 0.3 is 5.97 Å². The average Bonchev–Trinajstić information content (AvgIpc) is 2.61. The molecule has 3 atom stereocenters. The van der Waals surface area contributed by atoms with Gasteiger partial charge in [-0.2, -0.15) is 0 Å². The summed E-state index contributed by atoms with van der Waals surface area (Å²) in [5, 5.41) is 0. The molecule has 0 bridgehead atoms. The molecule has 152 valence electrons. The van der Waals surface area contributed by atoms with Gasteiger partial charge in [0.2, 0.25) is 0 Å². The minimum Gasteiger partial charge on any atom is -0.465 e.